The minimum absolute atomic E-state index is 0.0931. The molecule has 2 aromatic carbocycles. The van der Waals surface area contributed by atoms with Crippen molar-refractivity contribution >= 4 is 43.5 Å². The van der Waals surface area contributed by atoms with Gasteiger partial charge in [0.2, 0.25) is 10.0 Å². The number of nitrogens with two attached hydrogens (primary N) is 1. The second-order valence-electron chi connectivity index (χ2n) is 6.06. The van der Waals surface area contributed by atoms with Gasteiger partial charge in [0.15, 0.2) is 4.80 Å². The highest BCUT2D eigenvalue weighted by Gasteiger charge is 2.16. The van der Waals surface area contributed by atoms with Crippen LogP contribution in [0.25, 0.3) is 10.2 Å². The Morgan fingerprint density at radius 2 is 1.93 bits per heavy atom. The fourth-order valence-corrected chi connectivity index (χ4v) is 4.32. The number of amides is 1. The largest absolute Gasteiger partial charge is 0.465 e. The second-order valence-corrected chi connectivity index (χ2v) is 8.63. The Balaban J connectivity index is 2.14. The monoisotopic (exact) mass is 444 g/mol. The molecule has 0 aliphatic carbocycles. The smallest absolute Gasteiger partial charge is 0.326 e. The van der Waals surface area contributed by atoms with Gasteiger partial charge in [0.1, 0.15) is 6.54 Å². The number of rotatable bonds is 5. The van der Waals surface area contributed by atoms with Crippen LogP contribution in [0.4, 0.5) is 0 Å². The maximum Gasteiger partial charge on any atom is 0.326 e. The molecular weight excluding hydrogens is 428 g/mol. The van der Waals surface area contributed by atoms with E-state index in [4.69, 9.17) is 15.1 Å². The zero-order valence-electron chi connectivity index (χ0n) is 15.7. The summed E-state index contributed by atoms with van der Waals surface area (Å²) < 4.78 is 30.2. The van der Waals surface area contributed by atoms with Gasteiger partial charge in [-0.2, -0.15) is 10.3 Å². The number of carbonyl (C=O) groups is 2. The molecule has 1 heterocycles. The third-order valence-corrected chi connectivity index (χ3v) is 5.99. The first kappa shape index (κ1) is 21.4. The standard InChI is InChI=1S/C19H16N4O5S2/c1-2-28-17(24)11-23-15-8-7-14(30(21,26)27)9-16(15)29-19(23)22-18(25)13-5-3-12(10-20)4-6-13/h3-9H,2,11H2,1H3,(H2,21,26,27). The molecule has 0 fully saturated rings. The highest BCUT2D eigenvalue weighted by atomic mass is 32.2. The molecule has 154 valence electrons. The van der Waals surface area contributed by atoms with E-state index in [1.54, 1.807) is 6.92 Å². The molecule has 30 heavy (non-hydrogen) atoms. The highest BCUT2D eigenvalue weighted by Crippen LogP contribution is 2.21. The molecular formula is C19H16N4O5S2. The van der Waals surface area contributed by atoms with Crippen LogP contribution in [0, 0.1) is 11.3 Å². The number of ether oxygens (including phenoxy) is 1. The molecule has 3 aromatic rings. The summed E-state index contributed by atoms with van der Waals surface area (Å²) in [6.45, 7) is 1.65. The van der Waals surface area contributed by atoms with Crippen molar-refractivity contribution in [1.29, 1.82) is 5.26 Å². The fraction of sp³-hybridized carbons (Fsp3) is 0.158. The molecule has 0 bridgehead atoms. The van der Waals surface area contributed by atoms with Crippen LogP contribution in [-0.4, -0.2) is 31.5 Å². The number of hydrogen-bond donors (Lipinski definition) is 1. The molecule has 0 aliphatic heterocycles. The summed E-state index contributed by atoms with van der Waals surface area (Å²) in [5.41, 5.74) is 1.17. The van der Waals surface area contributed by atoms with Crippen LogP contribution in [-0.2, 0) is 26.1 Å². The fourth-order valence-electron chi connectivity index (χ4n) is 2.64. The summed E-state index contributed by atoms with van der Waals surface area (Å²) in [7, 11) is -3.92. The number of nitrogens with zero attached hydrogens (tertiary/aromatic N) is 3. The summed E-state index contributed by atoms with van der Waals surface area (Å²) in [5.74, 6) is -1.10. The molecule has 0 saturated heterocycles. The van der Waals surface area contributed by atoms with E-state index >= 15 is 0 Å². The lowest BCUT2D eigenvalue weighted by Gasteiger charge is -2.05. The molecule has 0 aliphatic rings. The highest BCUT2D eigenvalue weighted by molar-refractivity contribution is 7.89. The average molecular weight is 444 g/mol. The van der Waals surface area contributed by atoms with E-state index in [-0.39, 0.29) is 28.4 Å². The van der Waals surface area contributed by atoms with Crippen LogP contribution in [0.3, 0.4) is 0 Å². The number of hydrogen-bond acceptors (Lipinski definition) is 7. The number of carbonyl (C=O) groups excluding carboxylic acids is 2. The summed E-state index contributed by atoms with van der Waals surface area (Å²) in [5, 5.41) is 14.1. The van der Waals surface area contributed by atoms with Gasteiger partial charge < -0.3 is 9.30 Å². The molecule has 1 amide bonds. The normalized spacial score (nSPS) is 12.0. The molecule has 0 atom stereocenters. The Bertz CT molecular complexity index is 1350. The number of benzene rings is 2. The van der Waals surface area contributed by atoms with Crippen LogP contribution in [0.1, 0.15) is 22.8 Å². The number of sulfonamides is 1. The lowest BCUT2D eigenvalue weighted by molar-refractivity contribution is -0.143. The van der Waals surface area contributed by atoms with Crippen LogP contribution < -0.4 is 9.94 Å². The predicted molar refractivity (Wildman–Crippen MR) is 109 cm³/mol. The molecule has 0 spiro atoms. The van der Waals surface area contributed by atoms with E-state index in [1.807, 2.05) is 6.07 Å². The second kappa shape index (κ2) is 8.58. The van der Waals surface area contributed by atoms with Crippen molar-refractivity contribution in [2.45, 2.75) is 18.4 Å². The summed E-state index contributed by atoms with van der Waals surface area (Å²) in [6.07, 6.45) is 0. The zero-order valence-corrected chi connectivity index (χ0v) is 17.4. The number of aromatic nitrogens is 1. The molecule has 2 N–H and O–H groups in total. The van der Waals surface area contributed by atoms with E-state index in [0.717, 1.165) is 11.3 Å². The van der Waals surface area contributed by atoms with Gasteiger partial charge in [0.25, 0.3) is 5.91 Å². The van der Waals surface area contributed by atoms with Gasteiger partial charge in [0, 0.05) is 5.56 Å². The van der Waals surface area contributed by atoms with Gasteiger partial charge >= 0.3 is 5.97 Å². The quantitative estimate of drug-likeness (QED) is 0.591. The Hall–Kier alpha value is -3.33. The first-order valence-corrected chi connectivity index (χ1v) is 11.0. The lowest BCUT2D eigenvalue weighted by Crippen LogP contribution is -2.23. The molecule has 9 nitrogen and oxygen atoms in total. The molecule has 0 radical (unpaired) electrons. The predicted octanol–water partition coefficient (Wildman–Crippen LogP) is 1.53. The van der Waals surface area contributed by atoms with E-state index in [0.29, 0.717) is 15.8 Å². The molecule has 11 heteroatoms. The number of thiazole rings is 1. The Labute approximate surface area is 175 Å². The van der Waals surface area contributed by atoms with Gasteiger partial charge in [-0.05, 0) is 49.4 Å². The molecule has 0 unspecified atom stereocenters. The van der Waals surface area contributed by atoms with E-state index in [1.165, 1.54) is 47.0 Å². The van der Waals surface area contributed by atoms with Gasteiger partial charge in [-0.3, -0.25) is 9.59 Å². The topological polar surface area (TPSA) is 145 Å². The number of primary sulfonamides is 1. The van der Waals surface area contributed by atoms with E-state index in [2.05, 4.69) is 4.99 Å². The van der Waals surface area contributed by atoms with Crippen molar-refractivity contribution in [1.82, 2.24) is 4.57 Å². The lowest BCUT2D eigenvalue weighted by atomic mass is 10.1. The zero-order chi connectivity index (χ0) is 21.9. The van der Waals surface area contributed by atoms with Crippen LogP contribution in [0.15, 0.2) is 52.4 Å². The minimum Gasteiger partial charge on any atom is -0.465 e. The van der Waals surface area contributed by atoms with Crippen molar-refractivity contribution in [3.63, 3.8) is 0 Å². The van der Waals surface area contributed by atoms with E-state index < -0.39 is 21.9 Å². The first-order valence-electron chi connectivity index (χ1n) is 8.64. The summed E-state index contributed by atoms with van der Waals surface area (Å²) in [4.78, 5) is 28.8. The number of esters is 1. The molecule has 1 aromatic heterocycles. The summed E-state index contributed by atoms with van der Waals surface area (Å²) in [6, 6.07) is 12.1. The van der Waals surface area contributed by atoms with Gasteiger partial charge in [-0.25, -0.2) is 13.6 Å². The Morgan fingerprint density at radius 1 is 1.23 bits per heavy atom. The van der Waals surface area contributed by atoms with Crippen LogP contribution in [0.2, 0.25) is 0 Å². The maximum atomic E-state index is 12.6. The van der Waals surface area contributed by atoms with Crippen molar-refractivity contribution in [3.05, 3.63) is 58.4 Å². The van der Waals surface area contributed by atoms with Crippen molar-refractivity contribution < 1.29 is 22.7 Å². The van der Waals surface area contributed by atoms with Crippen molar-refractivity contribution in [2.75, 3.05) is 6.61 Å². The Morgan fingerprint density at radius 3 is 2.53 bits per heavy atom. The van der Waals surface area contributed by atoms with Crippen molar-refractivity contribution in [3.8, 4) is 6.07 Å². The van der Waals surface area contributed by atoms with Gasteiger partial charge in [-0.1, -0.05) is 11.3 Å². The third kappa shape index (κ3) is 4.62. The maximum absolute atomic E-state index is 12.6. The molecule has 3 rings (SSSR count). The molecule has 0 saturated carbocycles. The summed E-state index contributed by atoms with van der Waals surface area (Å²) >= 11 is 1.04. The van der Waals surface area contributed by atoms with Gasteiger partial charge in [0.05, 0.1) is 33.4 Å². The number of fused-ring (bicyclic) bond motifs is 1. The minimum atomic E-state index is -3.92. The number of nitriles is 1. The van der Waals surface area contributed by atoms with Gasteiger partial charge in [-0.15, -0.1) is 0 Å². The van der Waals surface area contributed by atoms with Crippen molar-refractivity contribution in [2.24, 2.45) is 10.1 Å². The van der Waals surface area contributed by atoms with Crippen LogP contribution in [0.5, 0.6) is 0 Å². The SMILES string of the molecule is CCOC(=O)Cn1c(=NC(=O)c2ccc(C#N)cc2)sc2cc(S(N)(=O)=O)ccc21. The first-order chi connectivity index (χ1) is 14.2. The third-order valence-electron chi connectivity index (χ3n) is 4.03. The van der Waals surface area contributed by atoms with Crippen LogP contribution >= 0.6 is 11.3 Å². The average Bonchev–Trinajstić information content (AvgIpc) is 3.03. The van der Waals surface area contributed by atoms with E-state index in [9.17, 15) is 18.0 Å². The Kier molecular flexibility index (Phi) is 6.12.